The van der Waals surface area contributed by atoms with Gasteiger partial charge in [-0.05, 0) is 47.6 Å². The van der Waals surface area contributed by atoms with Gasteiger partial charge in [-0.25, -0.2) is 17.5 Å². The van der Waals surface area contributed by atoms with Crippen LogP contribution in [0.15, 0.2) is 47.4 Å². The van der Waals surface area contributed by atoms with Crippen molar-refractivity contribution in [2.75, 3.05) is 19.6 Å². The van der Waals surface area contributed by atoms with Gasteiger partial charge in [0.05, 0.1) is 10.5 Å². The molecule has 0 spiro atoms. The molecule has 0 bridgehead atoms. The second-order valence-electron chi connectivity index (χ2n) is 8.78. The molecule has 1 saturated heterocycles. The third-order valence-corrected chi connectivity index (χ3v) is 7.20. The Balaban J connectivity index is 1.60. The zero-order valence-electron chi connectivity index (χ0n) is 18.9. The van der Waals surface area contributed by atoms with Crippen LogP contribution in [0.3, 0.4) is 0 Å². The summed E-state index contributed by atoms with van der Waals surface area (Å²) in [5, 5.41) is 2.67. The highest BCUT2D eigenvalue weighted by Crippen LogP contribution is 2.22. The molecule has 0 aromatic heterocycles. The molecule has 2 atom stereocenters. The van der Waals surface area contributed by atoms with E-state index in [1.54, 1.807) is 6.92 Å². The second kappa shape index (κ2) is 10.6. The zero-order valence-corrected chi connectivity index (χ0v) is 19.7. The minimum absolute atomic E-state index is 0.142. The number of sulfonamides is 1. The van der Waals surface area contributed by atoms with E-state index in [-0.39, 0.29) is 23.5 Å². The Morgan fingerprint density at radius 2 is 1.69 bits per heavy atom. The molecule has 6 nitrogen and oxygen atoms in total. The van der Waals surface area contributed by atoms with E-state index in [2.05, 4.69) is 40.9 Å². The average molecular weight is 462 g/mol. The van der Waals surface area contributed by atoms with Crippen LogP contribution >= 0.6 is 0 Å². The molecular formula is C24H32FN3O3S. The summed E-state index contributed by atoms with van der Waals surface area (Å²) in [4.78, 5) is 14.8. The number of likely N-dealkylation sites (tertiary alicyclic amines) is 1. The minimum Gasteiger partial charge on any atom is -0.348 e. The molecule has 2 N–H and O–H groups in total. The van der Waals surface area contributed by atoms with Gasteiger partial charge in [0.2, 0.25) is 10.0 Å². The Labute approximate surface area is 190 Å². The molecule has 0 aliphatic carbocycles. The van der Waals surface area contributed by atoms with Crippen LogP contribution in [0.1, 0.15) is 48.7 Å². The van der Waals surface area contributed by atoms with E-state index in [1.165, 1.54) is 12.0 Å². The van der Waals surface area contributed by atoms with Crippen molar-refractivity contribution in [3.8, 4) is 0 Å². The van der Waals surface area contributed by atoms with E-state index in [0.29, 0.717) is 11.8 Å². The molecule has 1 fully saturated rings. The maximum atomic E-state index is 14.2. The summed E-state index contributed by atoms with van der Waals surface area (Å²) >= 11 is 0. The molecule has 1 aliphatic rings. The van der Waals surface area contributed by atoms with E-state index < -0.39 is 21.7 Å². The zero-order chi connectivity index (χ0) is 23.3. The standard InChI is InChI=1S/C24H32FN3O3S/c1-4-27-32(30,31)21-9-10-23(25)22(12-21)24(29)26-13-19-5-7-20(8-6-19)16-28-14-17(2)11-18(3)15-28/h5-10,12,17-18,27H,4,11,13-16H2,1-3H3,(H,26,29). The molecule has 8 heteroatoms. The first kappa shape index (κ1) is 24.4. The van der Waals surface area contributed by atoms with Gasteiger partial charge in [-0.1, -0.05) is 45.0 Å². The molecule has 1 amide bonds. The molecule has 32 heavy (non-hydrogen) atoms. The summed E-state index contributed by atoms with van der Waals surface area (Å²) in [7, 11) is -3.77. The van der Waals surface area contributed by atoms with Crippen LogP contribution in [-0.2, 0) is 23.1 Å². The molecule has 0 radical (unpaired) electrons. The number of halogens is 1. The first-order chi connectivity index (χ1) is 15.2. The number of benzene rings is 2. The fourth-order valence-electron chi connectivity index (χ4n) is 4.34. The van der Waals surface area contributed by atoms with Gasteiger partial charge < -0.3 is 5.32 Å². The molecular weight excluding hydrogens is 429 g/mol. The van der Waals surface area contributed by atoms with E-state index in [1.807, 2.05) is 12.1 Å². The van der Waals surface area contributed by atoms with Crippen LogP contribution in [0.2, 0.25) is 0 Å². The lowest BCUT2D eigenvalue weighted by Crippen LogP contribution is -2.38. The van der Waals surface area contributed by atoms with Gasteiger partial charge in [0.15, 0.2) is 0 Å². The smallest absolute Gasteiger partial charge is 0.254 e. The number of carbonyl (C=O) groups is 1. The van der Waals surface area contributed by atoms with Crippen molar-refractivity contribution < 1.29 is 17.6 Å². The predicted molar refractivity (Wildman–Crippen MR) is 123 cm³/mol. The maximum absolute atomic E-state index is 14.2. The highest BCUT2D eigenvalue weighted by Gasteiger charge is 2.22. The molecule has 2 unspecified atom stereocenters. The van der Waals surface area contributed by atoms with Crippen molar-refractivity contribution in [1.82, 2.24) is 14.9 Å². The summed E-state index contributed by atoms with van der Waals surface area (Å²) in [6.07, 6.45) is 1.28. The van der Waals surface area contributed by atoms with Gasteiger partial charge in [-0.15, -0.1) is 0 Å². The van der Waals surface area contributed by atoms with Crippen LogP contribution in [0.4, 0.5) is 4.39 Å². The Morgan fingerprint density at radius 1 is 1.06 bits per heavy atom. The Morgan fingerprint density at radius 3 is 2.31 bits per heavy atom. The number of nitrogens with one attached hydrogen (secondary N) is 2. The van der Waals surface area contributed by atoms with Crippen molar-refractivity contribution >= 4 is 15.9 Å². The maximum Gasteiger partial charge on any atom is 0.254 e. The lowest BCUT2D eigenvalue weighted by molar-refractivity contribution is 0.0946. The molecule has 3 rings (SSSR count). The van der Waals surface area contributed by atoms with E-state index in [4.69, 9.17) is 0 Å². The summed E-state index contributed by atoms with van der Waals surface area (Å²) < 4.78 is 40.8. The number of hydrogen-bond acceptors (Lipinski definition) is 4. The summed E-state index contributed by atoms with van der Waals surface area (Å²) in [5.74, 6) is -0.00514. The first-order valence-electron chi connectivity index (χ1n) is 11.1. The highest BCUT2D eigenvalue weighted by atomic mass is 32.2. The minimum atomic E-state index is -3.77. The number of piperidine rings is 1. The van der Waals surface area contributed by atoms with Crippen molar-refractivity contribution in [3.63, 3.8) is 0 Å². The van der Waals surface area contributed by atoms with E-state index in [0.717, 1.165) is 43.4 Å². The number of hydrogen-bond donors (Lipinski definition) is 2. The van der Waals surface area contributed by atoms with Crippen LogP contribution in [0.25, 0.3) is 0 Å². The van der Waals surface area contributed by atoms with Crippen LogP contribution in [-0.4, -0.2) is 38.9 Å². The van der Waals surface area contributed by atoms with Crippen molar-refractivity contribution in [3.05, 3.63) is 65.0 Å². The largest absolute Gasteiger partial charge is 0.348 e. The fourth-order valence-corrected chi connectivity index (χ4v) is 5.41. The normalized spacial score (nSPS) is 19.6. The Bertz CT molecular complexity index is 1030. The van der Waals surface area contributed by atoms with Gasteiger partial charge in [0.1, 0.15) is 5.82 Å². The van der Waals surface area contributed by atoms with Crippen molar-refractivity contribution in [2.45, 2.75) is 45.2 Å². The Kier molecular flexibility index (Phi) is 8.03. The molecule has 2 aromatic carbocycles. The van der Waals surface area contributed by atoms with Gasteiger partial charge in [0.25, 0.3) is 5.91 Å². The van der Waals surface area contributed by atoms with E-state index >= 15 is 0 Å². The van der Waals surface area contributed by atoms with Crippen LogP contribution in [0, 0.1) is 17.7 Å². The molecule has 1 aliphatic heterocycles. The lowest BCUT2D eigenvalue weighted by Gasteiger charge is -2.35. The predicted octanol–water partition coefficient (Wildman–Crippen LogP) is 3.53. The highest BCUT2D eigenvalue weighted by molar-refractivity contribution is 7.89. The number of amides is 1. The van der Waals surface area contributed by atoms with Crippen molar-refractivity contribution in [2.24, 2.45) is 11.8 Å². The van der Waals surface area contributed by atoms with Gasteiger partial charge in [-0.2, -0.15) is 0 Å². The lowest BCUT2D eigenvalue weighted by atomic mass is 9.91. The van der Waals surface area contributed by atoms with Crippen LogP contribution in [0.5, 0.6) is 0 Å². The second-order valence-corrected chi connectivity index (χ2v) is 10.5. The van der Waals surface area contributed by atoms with Gasteiger partial charge in [0, 0.05) is 32.7 Å². The summed E-state index contributed by atoms with van der Waals surface area (Å²) in [6.45, 7) is 9.78. The fraction of sp³-hybridized carbons (Fsp3) is 0.458. The number of rotatable bonds is 8. The first-order valence-corrected chi connectivity index (χ1v) is 12.5. The third-order valence-electron chi connectivity index (χ3n) is 5.65. The molecule has 174 valence electrons. The molecule has 0 saturated carbocycles. The van der Waals surface area contributed by atoms with Gasteiger partial charge in [-0.3, -0.25) is 9.69 Å². The monoisotopic (exact) mass is 461 g/mol. The quantitative estimate of drug-likeness (QED) is 0.630. The number of carbonyl (C=O) groups excluding carboxylic acids is 1. The third kappa shape index (κ3) is 6.37. The van der Waals surface area contributed by atoms with Crippen molar-refractivity contribution in [1.29, 1.82) is 0 Å². The SMILES string of the molecule is CCNS(=O)(=O)c1ccc(F)c(C(=O)NCc2ccc(CN3CC(C)CC(C)C3)cc2)c1. The average Bonchev–Trinajstić information content (AvgIpc) is 2.72. The number of nitrogens with zero attached hydrogens (tertiary/aromatic N) is 1. The molecule has 2 aromatic rings. The van der Waals surface area contributed by atoms with Gasteiger partial charge >= 0.3 is 0 Å². The summed E-state index contributed by atoms with van der Waals surface area (Å²) in [6, 6.07) is 11.2. The summed E-state index contributed by atoms with van der Waals surface area (Å²) in [5.41, 5.74) is 1.81. The molecule has 1 heterocycles. The topological polar surface area (TPSA) is 78.5 Å². The van der Waals surface area contributed by atoms with E-state index in [9.17, 15) is 17.6 Å². The Hall–Kier alpha value is -2.29. The van der Waals surface area contributed by atoms with Crippen LogP contribution < -0.4 is 10.0 Å².